The van der Waals surface area contributed by atoms with Gasteiger partial charge in [0.1, 0.15) is 5.54 Å². The van der Waals surface area contributed by atoms with Crippen LogP contribution in [0.5, 0.6) is 0 Å². The Hall–Kier alpha value is -0.610. The second-order valence-electron chi connectivity index (χ2n) is 5.06. The van der Waals surface area contributed by atoms with E-state index in [0.717, 1.165) is 26.1 Å². The van der Waals surface area contributed by atoms with Gasteiger partial charge in [-0.2, -0.15) is 0 Å². The average Bonchev–Trinajstić information content (AvgIpc) is 2.23. The Balaban J connectivity index is 3.62. The number of nitrogens with two attached hydrogens (primary N) is 1. The van der Waals surface area contributed by atoms with Crippen molar-refractivity contribution in [1.82, 2.24) is 0 Å². The lowest BCUT2D eigenvalue weighted by Crippen LogP contribution is -2.46. The van der Waals surface area contributed by atoms with E-state index in [2.05, 4.69) is 13.8 Å². The highest BCUT2D eigenvalue weighted by atomic mass is 16.5. The molecule has 2 N–H and O–H groups in total. The summed E-state index contributed by atoms with van der Waals surface area (Å²) >= 11 is 0. The molecule has 0 aromatic carbocycles. The predicted molar refractivity (Wildman–Crippen MR) is 68.7 cm³/mol. The molecule has 0 saturated carbocycles. The summed E-state index contributed by atoms with van der Waals surface area (Å²) in [7, 11) is 0. The van der Waals surface area contributed by atoms with Crippen molar-refractivity contribution in [3.63, 3.8) is 0 Å². The van der Waals surface area contributed by atoms with Gasteiger partial charge in [-0.05, 0) is 39.0 Å². The molecule has 0 saturated heterocycles. The van der Waals surface area contributed by atoms with Crippen molar-refractivity contribution in [2.24, 2.45) is 11.7 Å². The van der Waals surface area contributed by atoms with Crippen LogP contribution in [0.4, 0.5) is 0 Å². The van der Waals surface area contributed by atoms with Gasteiger partial charge in [0.05, 0.1) is 6.61 Å². The molecule has 102 valence electrons. The first-order chi connectivity index (χ1) is 7.90. The summed E-state index contributed by atoms with van der Waals surface area (Å²) in [5, 5.41) is 0. The second kappa shape index (κ2) is 8.48. The Morgan fingerprint density at radius 3 is 2.53 bits per heavy atom. The zero-order chi connectivity index (χ0) is 13.3. The third kappa shape index (κ3) is 8.16. The Bertz CT molecular complexity index is 215. The summed E-state index contributed by atoms with van der Waals surface area (Å²) in [6.45, 7) is 9.65. The highest BCUT2D eigenvalue weighted by Crippen LogP contribution is 2.13. The molecule has 0 aliphatic rings. The van der Waals surface area contributed by atoms with Gasteiger partial charge in [0.15, 0.2) is 0 Å². The van der Waals surface area contributed by atoms with Crippen LogP contribution in [-0.4, -0.2) is 31.3 Å². The van der Waals surface area contributed by atoms with E-state index < -0.39 is 5.54 Å². The van der Waals surface area contributed by atoms with Crippen molar-refractivity contribution >= 4 is 5.97 Å². The summed E-state index contributed by atoms with van der Waals surface area (Å²) in [6.07, 6.45) is 2.44. The van der Waals surface area contributed by atoms with Gasteiger partial charge in [0, 0.05) is 13.2 Å². The largest absolute Gasteiger partial charge is 0.465 e. The zero-order valence-corrected chi connectivity index (χ0v) is 11.6. The Labute approximate surface area is 105 Å². The van der Waals surface area contributed by atoms with E-state index in [0.29, 0.717) is 18.9 Å². The number of unbranched alkanes of at least 4 members (excludes halogenated alkanes) is 1. The third-order valence-corrected chi connectivity index (χ3v) is 2.43. The molecular weight excluding hydrogens is 218 g/mol. The quantitative estimate of drug-likeness (QED) is 0.499. The van der Waals surface area contributed by atoms with Gasteiger partial charge in [0.2, 0.25) is 0 Å². The van der Waals surface area contributed by atoms with E-state index in [1.165, 1.54) is 0 Å². The SMILES string of the molecule is CCOC(=O)C(C)(N)CCCCOCC(C)C. The molecule has 1 atom stereocenters. The van der Waals surface area contributed by atoms with E-state index in [1.54, 1.807) is 13.8 Å². The molecule has 0 aromatic heterocycles. The van der Waals surface area contributed by atoms with Crippen LogP contribution in [0, 0.1) is 5.92 Å². The predicted octanol–water partition coefficient (Wildman–Crippen LogP) is 2.11. The molecule has 4 nitrogen and oxygen atoms in total. The number of carbonyl (C=O) groups excluding carboxylic acids is 1. The second-order valence-corrected chi connectivity index (χ2v) is 5.06. The van der Waals surface area contributed by atoms with Crippen LogP contribution in [-0.2, 0) is 14.3 Å². The first-order valence-electron chi connectivity index (χ1n) is 6.44. The first-order valence-corrected chi connectivity index (χ1v) is 6.44. The monoisotopic (exact) mass is 245 g/mol. The molecule has 0 aliphatic heterocycles. The maximum Gasteiger partial charge on any atom is 0.325 e. The summed E-state index contributed by atoms with van der Waals surface area (Å²) in [6, 6.07) is 0. The molecule has 0 fully saturated rings. The van der Waals surface area contributed by atoms with Crippen molar-refractivity contribution in [3.05, 3.63) is 0 Å². The summed E-state index contributed by atoms with van der Waals surface area (Å²) in [4.78, 5) is 11.5. The van der Waals surface area contributed by atoms with Gasteiger partial charge >= 0.3 is 5.97 Å². The van der Waals surface area contributed by atoms with Crippen LogP contribution in [0.2, 0.25) is 0 Å². The molecule has 0 spiro atoms. The topological polar surface area (TPSA) is 61.5 Å². The zero-order valence-electron chi connectivity index (χ0n) is 11.6. The van der Waals surface area contributed by atoms with Crippen molar-refractivity contribution in [2.75, 3.05) is 19.8 Å². The van der Waals surface area contributed by atoms with Crippen LogP contribution in [0.25, 0.3) is 0 Å². The molecule has 0 aliphatic carbocycles. The highest BCUT2D eigenvalue weighted by molar-refractivity contribution is 5.79. The van der Waals surface area contributed by atoms with Gasteiger partial charge in [-0.25, -0.2) is 0 Å². The third-order valence-electron chi connectivity index (χ3n) is 2.43. The molecule has 0 heterocycles. The van der Waals surface area contributed by atoms with E-state index in [9.17, 15) is 4.79 Å². The van der Waals surface area contributed by atoms with Gasteiger partial charge in [-0.3, -0.25) is 4.79 Å². The minimum absolute atomic E-state index is 0.317. The Kier molecular flexibility index (Phi) is 8.17. The van der Waals surface area contributed by atoms with Crippen molar-refractivity contribution in [1.29, 1.82) is 0 Å². The van der Waals surface area contributed by atoms with Crippen LogP contribution >= 0.6 is 0 Å². The number of carbonyl (C=O) groups is 1. The van der Waals surface area contributed by atoms with Crippen LogP contribution in [0.3, 0.4) is 0 Å². The minimum Gasteiger partial charge on any atom is -0.465 e. The van der Waals surface area contributed by atoms with Gasteiger partial charge in [0.25, 0.3) is 0 Å². The number of hydrogen-bond donors (Lipinski definition) is 1. The summed E-state index contributed by atoms with van der Waals surface area (Å²) < 4.78 is 10.4. The lowest BCUT2D eigenvalue weighted by atomic mass is 9.96. The molecule has 0 amide bonds. The maximum atomic E-state index is 11.5. The normalized spacial score (nSPS) is 14.7. The molecule has 0 aromatic rings. The van der Waals surface area contributed by atoms with Gasteiger partial charge in [-0.15, -0.1) is 0 Å². The van der Waals surface area contributed by atoms with Crippen LogP contribution < -0.4 is 5.73 Å². The van der Waals surface area contributed by atoms with Crippen molar-refractivity contribution in [2.45, 2.75) is 52.5 Å². The van der Waals surface area contributed by atoms with E-state index in [-0.39, 0.29) is 5.97 Å². The fourth-order valence-corrected chi connectivity index (χ4v) is 1.41. The average molecular weight is 245 g/mol. The molecule has 0 bridgehead atoms. The summed E-state index contributed by atoms with van der Waals surface area (Å²) in [5.41, 5.74) is 5.03. The lowest BCUT2D eigenvalue weighted by molar-refractivity contribution is -0.149. The van der Waals surface area contributed by atoms with Gasteiger partial charge < -0.3 is 15.2 Å². The maximum absolute atomic E-state index is 11.5. The highest BCUT2D eigenvalue weighted by Gasteiger charge is 2.28. The van der Waals surface area contributed by atoms with E-state index >= 15 is 0 Å². The fraction of sp³-hybridized carbons (Fsp3) is 0.923. The molecule has 0 radical (unpaired) electrons. The molecular formula is C13H27NO3. The first kappa shape index (κ1) is 16.4. The Morgan fingerprint density at radius 1 is 1.35 bits per heavy atom. The standard InChI is InChI=1S/C13H27NO3/c1-5-17-12(15)13(4,14)8-6-7-9-16-10-11(2)3/h11H,5-10,14H2,1-4H3. The summed E-state index contributed by atoms with van der Waals surface area (Å²) in [5.74, 6) is 0.248. The fourth-order valence-electron chi connectivity index (χ4n) is 1.41. The lowest BCUT2D eigenvalue weighted by Gasteiger charge is -2.21. The number of ether oxygens (including phenoxy) is 2. The van der Waals surface area contributed by atoms with Gasteiger partial charge in [-0.1, -0.05) is 13.8 Å². The smallest absolute Gasteiger partial charge is 0.325 e. The van der Waals surface area contributed by atoms with E-state index in [1.807, 2.05) is 0 Å². The number of hydrogen-bond acceptors (Lipinski definition) is 4. The minimum atomic E-state index is -0.867. The molecule has 17 heavy (non-hydrogen) atoms. The number of rotatable bonds is 9. The van der Waals surface area contributed by atoms with Crippen molar-refractivity contribution < 1.29 is 14.3 Å². The van der Waals surface area contributed by atoms with Crippen molar-refractivity contribution in [3.8, 4) is 0 Å². The number of esters is 1. The molecule has 4 heteroatoms. The van der Waals surface area contributed by atoms with Crippen LogP contribution in [0.15, 0.2) is 0 Å². The van der Waals surface area contributed by atoms with Crippen LogP contribution in [0.1, 0.15) is 47.0 Å². The Morgan fingerprint density at radius 2 is 2.00 bits per heavy atom. The van der Waals surface area contributed by atoms with E-state index in [4.69, 9.17) is 15.2 Å². The molecule has 1 unspecified atom stereocenters. The molecule has 0 rings (SSSR count).